The van der Waals surface area contributed by atoms with Gasteiger partial charge >= 0.3 is 6.03 Å². The summed E-state index contributed by atoms with van der Waals surface area (Å²) in [4.78, 5) is 14.2. The zero-order chi connectivity index (χ0) is 16.3. The number of aliphatic hydroxyl groups is 1. The van der Waals surface area contributed by atoms with E-state index >= 15 is 0 Å². The molecule has 1 aromatic rings. The molecule has 1 aliphatic carbocycles. The van der Waals surface area contributed by atoms with Crippen molar-refractivity contribution in [1.29, 1.82) is 0 Å². The van der Waals surface area contributed by atoms with Crippen molar-refractivity contribution in [3.63, 3.8) is 0 Å². The van der Waals surface area contributed by atoms with Crippen molar-refractivity contribution in [2.45, 2.75) is 38.6 Å². The first-order chi connectivity index (χ1) is 11.1. The zero-order valence-corrected chi connectivity index (χ0v) is 13.4. The fourth-order valence-corrected chi connectivity index (χ4v) is 3.57. The molecule has 1 saturated heterocycles. The molecule has 1 heterocycles. The van der Waals surface area contributed by atoms with Gasteiger partial charge in [0.15, 0.2) is 0 Å². The van der Waals surface area contributed by atoms with Crippen molar-refractivity contribution >= 4 is 6.03 Å². The first kappa shape index (κ1) is 16.2. The second kappa shape index (κ2) is 6.87. The summed E-state index contributed by atoms with van der Waals surface area (Å²) in [5.74, 6) is 0.466. The Morgan fingerprint density at radius 2 is 2.09 bits per heavy atom. The number of amides is 2. The molecule has 126 valence electrons. The largest absolute Gasteiger partial charge is 0.396 e. The summed E-state index contributed by atoms with van der Waals surface area (Å²) >= 11 is 0. The predicted octanol–water partition coefficient (Wildman–Crippen LogP) is 2.91. The average molecular weight is 320 g/mol. The molecule has 0 unspecified atom stereocenters. The molecule has 4 nitrogen and oxygen atoms in total. The van der Waals surface area contributed by atoms with Crippen LogP contribution in [0.3, 0.4) is 0 Å². The van der Waals surface area contributed by atoms with E-state index < -0.39 is 0 Å². The third-order valence-electron chi connectivity index (χ3n) is 5.06. The van der Waals surface area contributed by atoms with Gasteiger partial charge in [-0.05, 0) is 42.9 Å². The van der Waals surface area contributed by atoms with Crippen LogP contribution in [0.5, 0.6) is 0 Å². The van der Waals surface area contributed by atoms with Crippen LogP contribution in [0.1, 0.15) is 37.7 Å². The minimum absolute atomic E-state index is 0.0948. The first-order valence-corrected chi connectivity index (χ1v) is 8.48. The van der Waals surface area contributed by atoms with E-state index in [1.165, 1.54) is 25.0 Å². The SMILES string of the molecule is O=C(NCc1ccc(F)cc1)N1CCC[C@@](CO)(CC2CC2)C1. The van der Waals surface area contributed by atoms with E-state index in [2.05, 4.69) is 5.32 Å². The van der Waals surface area contributed by atoms with Gasteiger partial charge in [0, 0.05) is 25.0 Å². The molecule has 23 heavy (non-hydrogen) atoms. The molecular weight excluding hydrogens is 295 g/mol. The van der Waals surface area contributed by atoms with Gasteiger partial charge in [0.1, 0.15) is 5.82 Å². The molecule has 3 rings (SSSR count). The molecule has 2 amide bonds. The number of hydrogen-bond acceptors (Lipinski definition) is 2. The Labute approximate surface area is 136 Å². The highest BCUT2D eigenvalue weighted by atomic mass is 19.1. The van der Waals surface area contributed by atoms with E-state index in [1.807, 2.05) is 4.90 Å². The predicted molar refractivity (Wildman–Crippen MR) is 86.3 cm³/mol. The maximum atomic E-state index is 12.9. The van der Waals surface area contributed by atoms with E-state index in [0.29, 0.717) is 13.1 Å². The molecule has 2 N–H and O–H groups in total. The van der Waals surface area contributed by atoms with Crippen molar-refractivity contribution in [2.75, 3.05) is 19.7 Å². The van der Waals surface area contributed by atoms with Crippen LogP contribution >= 0.6 is 0 Å². The number of benzene rings is 1. The van der Waals surface area contributed by atoms with Gasteiger partial charge in [-0.15, -0.1) is 0 Å². The number of aliphatic hydroxyl groups excluding tert-OH is 1. The second-order valence-electron chi connectivity index (χ2n) is 7.12. The number of carbonyl (C=O) groups excluding carboxylic acids is 1. The topological polar surface area (TPSA) is 52.6 Å². The van der Waals surface area contributed by atoms with Crippen molar-refractivity contribution in [1.82, 2.24) is 10.2 Å². The third kappa shape index (κ3) is 4.22. The number of piperidine rings is 1. The summed E-state index contributed by atoms with van der Waals surface area (Å²) in [5.41, 5.74) is 0.760. The van der Waals surface area contributed by atoms with E-state index in [-0.39, 0.29) is 23.9 Å². The smallest absolute Gasteiger partial charge is 0.317 e. The Bertz CT molecular complexity index is 544. The number of nitrogens with one attached hydrogen (secondary N) is 1. The molecule has 2 aliphatic rings. The molecule has 0 bridgehead atoms. The lowest BCUT2D eigenvalue weighted by Gasteiger charge is -2.42. The molecular formula is C18H25FN2O2. The highest BCUT2D eigenvalue weighted by molar-refractivity contribution is 5.74. The van der Waals surface area contributed by atoms with Gasteiger partial charge in [-0.2, -0.15) is 0 Å². The monoisotopic (exact) mass is 320 g/mol. The summed E-state index contributed by atoms with van der Waals surface area (Å²) in [7, 11) is 0. The van der Waals surface area contributed by atoms with E-state index in [4.69, 9.17) is 0 Å². The van der Waals surface area contributed by atoms with Gasteiger partial charge in [-0.3, -0.25) is 0 Å². The molecule has 1 atom stereocenters. The Morgan fingerprint density at radius 1 is 1.35 bits per heavy atom. The summed E-state index contributed by atoms with van der Waals surface area (Å²) in [6.45, 7) is 1.92. The lowest BCUT2D eigenvalue weighted by molar-refractivity contribution is 0.0357. The van der Waals surface area contributed by atoms with E-state index in [1.54, 1.807) is 12.1 Å². The van der Waals surface area contributed by atoms with Gasteiger partial charge in [0.2, 0.25) is 0 Å². The average Bonchev–Trinajstić information content (AvgIpc) is 3.38. The van der Waals surface area contributed by atoms with Gasteiger partial charge in [-0.1, -0.05) is 25.0 Å². The summed E-state index contributed by atoms with van der Waals surface area (Å²) in [6.07, 6.45) is 5.50. The van der Waals surface area contributed by atoms with Crippen LogP contribution in [-0.2, 0) is 6.54 Å². The zero-order valence-electron chi connectivity index (χ0n) is 13.4. The number of urea groups is 1. The van der Waals surface area contributed by atoms with Crippen LogP contribution in [0.2, 0.25) is 0 Å². The van der Waals surface area contributed by atoms with Crippen LogP contribution in [0, 0.1) is 17.2 Å². The fraction of sp³-hybridized carbons (Fsp3) is 0.611. The van der Waals surface area contributed by atoms with Crippen LogP contribution in [0.25, 0.3) is 0 Å². The van der Waals surface area contributed by atoms with Crippen molar-refractivity contribution in [3.05, 3.63) is 35.6 Å². The number of hydrogen-bond donors (Lipinski definition) is 2. The third-order valence-corrected chi connectivity index (χ3v) is 5.06. The molecule has 5 heteroatoms. The summed E-state index contributed by atoms with van der Waals surface area (Å²) in [6, 6.07) is 6.06. The van der Waals surface area contributed by atoms with E-state index in [0.717, 1.165) is 37.3 Å². The molecule has 0 radical (unpaired) electrons. The number of likely N-dealkylation sites (tertiary alicyclic amines) is 1. The number of rotatable bonds is 5. The first-order valence-electron chi connectivity index (χ1n) is 8.48. The molecule has 1 saturated carbocycles. The highest BCUT2D eigenvalue weighted by Gasteiger charge is 2.40. The lowest BCUT2D eigenvalue weighted by Crippen LogP contribution is -2.51. The van der Waals surface area contributed by atoms with Gasteiger partial charge in [0.25, 0.3) is 0 Å². The quantitative estimate of drug-likeness (QED) is 0.876. The Hall–Kier alpha value is -1.62. The lowest BCUT2D eigenvalue weighted by atomic mass is 9.76. The molecule has 1 aliphatic heterocycles. The maximum absolute atomic E-state index is 12.9. The number of nitrogens with zero attached hydrogens (tertiary/aromatic N) is 1. The number of carbonyl (C=O) groups is 1. The Morgan fingerprint density at radius 3 is 2.74 bits per heavy atom. The minimum Gasteiger partial charge on any atom is -0.396 e. The molecule has 1 aromatic carbocycles. The highest BCUT2D eigenvalue weighted by Crippen LogP contribution is 2.44. The second-order valence-corrected chi connectivity index (χ2v) is 7.12. The molecule has 0 spiro atoms. The van der Waals surface area contributed by atoms with Crippen molar-refractivity contribution in [2.24, 2.45) is 11.3 Å². The Balaban J connectivity index is 1.54. The molecule has 2 fully saturated rings. The Kier molecular flexibility index (Phi) is 4.85. The number of halogens is 1. The van der Waals surface area contributed by atoms with Crippen molar-refractivity contribution in [3.8, 4) is 0 Å². The minimum atomic E-state index is -0.274. The van der Waals surface area contributed by atoms with Crippen molar-refractivity contribution < 1.29 is 14.3 Å². The van der Waals surface area contributed by atoms with E-state index in [9.17, 15) is 14.3 Å². The van der Waals surface area contributed by atoms with Gasteiger partial charge < -0.3 is 15.3 Å². The fourth-order valence-electron chi connectivity index (χ4n) is 3.57. The van der Waals surface area contributed by atoms with Gasteiger partial charge in [0.05, 0.1) is 6.61 Å². The standard InChI is InChI=1S/C18H25FN2O2/c19-16-6-4-15(5-7-16)11-20-17(23)21-9-1-8-18(12-21,13-22)10-14-2-3-14/h4-7,14,22H,1-3,8-13H2,(H,20,23)/t18-/m1/s1. The van der Waals surface area contributed by atoms with Crippen LogP contribution < -0.4 is 5.32 Å². The maximum Gasteiger partial charge on any atom is 0.317 e. The van der Waals surface area contributed by atoms with Crippen LogP contribution in [0.15, 0.2) is 24.3 Å². The van der Waals surface area contributed by atoms with Gasteiger partial charge in [-0.25, -0.2) is 9.18 Å². The molecule has 0 aromatic heterocycles. The van der Waals surface area contributed by atoms with Crippen LogP contribution in [0.4, 0.5) is 9.18 Å². The summed E-state index contributed by atoms with van der Waals surface area (Å²) in [5, 5.41) is 12.8. The normalized spacial score (nSPS) is 24.5. The summed E-state index contributed by atoms with van der Waals surface area (Å²) < 4.78 is 12.9. The van der Waals surface area contributed by atoms with Crippen LogP contribution in [-0.4, -0.2) is 35.7 Å².